The van der Waals surface area contributed by atoms with Gasteiger partial charge in [0, 0.05) is 19.5 Å². The van der Waals surface area contributed by atoms with E-state index in [1.54, 1.807) is 0 Å². The second-order valence-corrected chi connectivity index (χ2v) is 4.32. The van der Waals surface area contributed by atoms with Crippen LogP contribution in [0.1, 0.15) is 40.5 Å². The van der Waals surface area contributed by atoms with Crippen molar-refractivity contribution in [2.24, 2.45) is 11.8 Å². The van der Waals surface area contributed by atoms with Gasteiger partial charge in [0.1, 0.15) is 0 Å². The molecule has 0 aliphatic rings. The van der Waals surface area contributed by atoms with Crippen LogP contribution >= 0.6 is 12.4 Å². The lowest BCUT2D eigenvalue weighted by Gasteiger charge is -2.18. The summed E-state index contributed by atoms with van der Waals surface area (Å²) in [5.74, 6) is 1.30. The minimum atomic E-state index is 0. The van der Waals surface area contributed by atoms with Crippen molar-refractivity contribution in [1.29, 1.82) is 0 Å². The van der Waals surface area contributed by atoms with Crippen molar-refractivity contribution >= 4 is 18.3 Å². The zero-order chi connectivity index (χ0) is 11.7. The Kier molecular flexibility index (Phi) is 12.7. The van der Waals surface area contributed by atoms with Gasteiger partial charge in [-0.2, -0.15) is 0 Å². The first-order chi connectivity index (χ1) is 7.11. The van der Waals surface area contributed by atoms with Crippen LogP contribution in [0.2, 0.25) is 0 Å². The number of halogens is 1. The lowest BCUT2D eigenvalue weighted by Crippen LogP contribution is -2.33. The standard InChI is InChI=1S/C12H26N2O.ClH/c1-5-11(10(3)4)9-12(15)14-8-7-13-6-2;/h10-11,13H,5-9H2,1-4H3,(H,14,15);1H. The molecular formula is C12H27ClN2O. The van der Waals surface area contributed by atoms with Crippen LogP contribution < -0.4 is 10.6 Å². The molecule has 4 heteroatoms. The van der Waals surface area contributed by atoms with E-state index >= 15 is 0 Å². The van der Waals surface area contributed by atoms with Crippen LogP contribution in [-0.2, 0) is 4.79 Å². The maximum absolute atomic E-state index is 11.5. The lowest BCUT2D eigenvalue weighted by molar-refractivity contribution is -0.122. The summed E-state index contributed by atoms with van der Waals surface area (Å²) in [7, 11) is 0. The first kappa shape index (κ1) is 18.1. The van der Waals surface area contributed by atoms with Crippen molar-refractivity contribution in [1.82, 2.24) is 10.6 Å². The Morgan fingerprint density at radius 2 is 1.81 bits per heavy atom. The number of hydrogen-bond acceptors (Lipinski definition) is 2. The molecule has 0 aromatic carbocycles. The molecule has 16 heavy (non-hydrogen) atoms. The van der Waals surface area contributed by atoms with E-state index in [1.165, 1.54) is 0 Å². The number of hydrogen-bond donors (Lipinski definition) is 2. The number of likely N-dealkylation sites (N-methyl/N-ethyl adjacent to an activating group) is 1. The molecule has 0 fully saturated rings. The molecule has 0 spiro atoms. The molecule has 1 atom stereocenters. The SMILES string of the molecule is CCNCCNC(=O)CC(CC)C(C)C.Cl. The quantitative estimate of drug-likeness (QED) is 0.649. The Hall–Kier alpha value is -0.280. The topological polar surface area (TPSA) is 41.1 Å². The summed E-state index contributed by atoms with van der Waals surface area (Å²) in [6, 6.07) is 0. The van der Waals surface area contributed by atoms with E-state index < -0.39 is 0 Å². The summed E-state index contributed by atoms with van der Waals surface area (Å²) in [6.45, 7) is 11.1. The summed E-state index contributed by atoms with van der Waals surface area (Å²) in [5, 5.41) is 6.11. The van der Waals surface area contributed by atoms with Gasteiger partial charge in [-0.15, -0.1) is 12.4 Å². The van der Waals surface area contributed by atoms with Crippen LogP contribution in [0.3, 0.4) is 0 Å². The van der Waals surface area contributed by atoms with Crippen LogP contribution in [0.5, 0.6) is 0 Å². The number of amides is 1. The maximum atomic E-state index is 11.5. The van der Waals surface area contributed by atoms with Crippen molar-refractivity contribution in [2.45, 2.75) is 40.5 Å². The molecule has 0 radical (unpaired) electrons. The second kappa shape index (κ2) is 11.2. The molecule has 3 nitrogen and oxygen atoms in total. The highest BCUT2D eigenvalue weighted by atomic mass is 35.5. The van der Waals surface area contributed by atoms with Gasteiger partial charge in [-0.05, 0) is 18.4 Å². The van der Waals surface area contributed by atoms with E-state index in [0.717, 1.165) is 26.1 Å². The third-order valence-electron chi connectivity index (χ3n) is 2.79. The predicted octanol–water partition coefficient (Wildman–Crippen LogP) is 2.21. The molecule has 1 unspecified atom stereocenters. The second-order valence-electron chi connectivity index (χ2n) is 4.32. The normalized spacial score (nSPS) is 12.1. The predicted molar refractivity (Wildman–Crippen MR) is 72.0 cm³/mol. The largest absolute Gasteiger partial charge is 0.355 e. The van der Waals surface area contributed by atoms with Crippen LogP contribution in [0, 0.1) is 11.8 Å². The molecule has 0 heterocycles. The van der Waals surface area contributed by atoms with Crippen LogP contribution in [0.25, 0.3) is 0 Å². The van der Waals surface area contributed by atoms with E-state index in [2.05, 4.69) is 38.3 Å². The van der Waals surface area contributed by atoms with Crippen molar-refractivity contribution in [3.63, 3.8) is 0 Å². The lowest BCUT2D eigenvalue weighted by atomic mass is 9.90. The monoisotopic (exact) mass is 250 g/mol. The molecule has 0 aromatic rings. The average Bonchev–Trinajstić information content (AvgIpc) is 2.20. The fourth-order valence-corrected chi connectivity index (χ4v) is 1.63. The summed E-state index contributed by atoms with van der Waals surface area (Å²) in [4.78, 5) is 11.5. The van der Waals surface area contributed by atoms with E-state index in [-0.39, 0.29) is 18.3 Å². The van der Waals surface area contributed by atoms with E-state index in [4.69, 9.17) is 0 Å². The van der Waals surface area contributed by atoms with Gasteiger partial charge in [0.15, 0.2) is 0 Å². The van der Waals surface area contributed by atoms with Gasteiger partial charge in [-0.1, -0.05) is 34.1 Å². The fraction of sp³-hybridized carbons (Fsp3) is 0.917. The van der Waals surface area contributed by atoms with Crippen LogP contribution in [-0.4, -0.2) is 25.5 Å². The third kappa shape index (κ3) is 8.98. The van der Waals surface area contributed by atoms with E-state index in [0.29, 0.717) is 18.3 Å². The van der Waals surface area contributed by atoms with Gasteiger partial charge in [-0.3, -0.25) is 4.79 Å². The first-order valence-electron chi connectivity index (χ1n) is 6.09. The first-order valence-corrected chi connectivity index (χ1v) is 6.09. The molecule has 0 rings (SSSR count). The third-order valence-corrected chi connectivity index (χ3v) is 2.79. The number of carbonyl (C=O) groups is 1. The minimum Gasteiger partial charge on any atom is -0.355 e. The summed E-state index contributed by atoms with van der Waals surface area (Å²) >= 11 is 0. The van der Waals surface area contributed by atoms with Gasteiger partial charge in [0.05, 0.1) is 0 Å². The Morgan fingerprint density at radius 1 is 1.19 bits per heavy atom. The molecule has 0 aliphatic heterocycles. The summed E-state index contributed by atoms with van der Waals surface area (Å²) in [5.41, 5.74) is 0. The highest BCUT2D eigenvalue weighted by molar-refractivity contribution is 5.85. The van der Waals surface area contributed by atoms with Gasteiger partial charge in [0.2, 0.25) is 5.91 Å². The molecule has 0 aliphatic carbocycles. The molecule has 0 bridgehead atoms. The number of nitrogens with one attached hydrogen (secondary N) is 2. The van der Waals surface area contributed by atoms with Crippen molar-refractivity contribution in [3.05, 3.63) is 0 Å². The van der Waals surface area contributed by atoms with Gasteiger partial charge in [-0.25, -0.2) is 0 Å². The molecular weight excluding hydrogens is 224 g/mol. The molecule has 1 amide bonds. The highest BCUT2D eigenvalue weighted by Gasteiger charge is 2.14. The molecule has 98 valence electrons. The minimum absolute atomic E-state index is 0. The number of carbonyl (C=O) groups excluding carboxylic acids is 1. The Morgan fingerprint density at radius 3 is 2.25 bits per heavy atom. The zero-order valence-electron chi connectivity index (χ0n) is 11.0. The van der Waals surface area contributed by atoms with Gasteiger partial charge < -0.3 is 10.6 Å². The molecule has 0 saturated heterocycles. The molecule has 2 N–H and O–H groups in total. The molecule has 0 saturated carbocycles. The van der Waals surface area contributed by atoms with E-state index in [1.807, 2.05) is 0 Å². The Balaban J connectivity index is 0. The average molecular weight is 251 g/mol. The maximum Gasteiger partial charge on any atom is 0.220 e. The molecule has 0 aromatic heterocycles. The Bertz CT molecular complexity index is 174. The summed E-state index contributed by atoms with van der Waals surface area (Å²) < 4.78 is 0. The Labute approximate surface area is 106 Å². The van der Waals surface area contributed by atoms with Gasteiger partial charge >= 0.3 is 0 Å². The van der Waals surface area contributed by atoms with Crippen LogP contribution in [0.4, 0.5) is 0 Å². The summed E-state index contributed by atoms with van der Waals surface area (Å²) in [6.07, 6.45) is 1.75. The van der Waals surface area contributed by atoms with Crippen molar-refractivity contribution < 1.29 is 4.79 Å². The van der Waals surface area contributed by atoms with Crippen molar-refractivity contribution in [3.8, 4) is 0 Å². The van der Waals surface area contributed by atoms with E-state index in [9.17, 15) is 4.79 Å². The number of rotatable bonds is 8. The zero-order valence-corrected chi connectivity index (χ0v) is 11.8. The fourth-order valence-electron chi connectivity index (χ4n) is 1.63. The van der Waals surface area contributed by atoms with Crippen molar-refractivity contribution in [2.75, 3.05) is 19.6 Å². The smallest absolute Gasteiger partial charge is 0.220 e. The highest BCUT2D eigenvalue weighted by Crippen LogP contribution is 2.18. The van der Waals surface area contributed by atoms with Gasteiger partial charge in [0.25, 0.3) is 0 Å². The van der Waals surface area contributed by atoms with Crippen LogP contribution in [0.15, 0.2) is 0 Å².